The summed E-state index contributed by atoms with van der Waals surface area (Å²) in [5.41, 5.74) is -0.327. The first kappa shape index (κ1) is 19.5. The lowest BCUT2D eigenvalue weighted by Gasteiger charge is -2.06. The predicted octanol–water partition coefficient (Wildman–Crippen LogP) is 2.34. The molecule has 0 bridgehead atoms. The number of aromatic nitrogens is 4. The van der Waals surface area contributed by atoms with E-state index in [4.69, 9.17) is 0 Å². The summed E-state index contributed by atoms with van der Waals surface area (Å²) >= 11 is 0. The Morgan fingerprint density at radius 2 is 1.64 bits per heavy atom. The lowest BCUT2D eigenvalue weighted by Crippen LogP contribution is -2.14. The monoisotopic (exact) mass is 411 g/mol. The fourth-order valence-corrected chi connectivity index (χ4v) is 2.80. The van der Waals surface area contributed by atoms with Gasteiger partial charge in [0.15, 0.2) is 9.84 Å². The molecule has 0 saturated carbocycles. The van der Waals surface area contributed by atoms with Crippen LogP contribution >= 0.6 is 0 Å². The van der Waals surface area contributed by atoms with Crippen LogP contribution in [0.3, 0.4) is 0 Å². The van der Waals surface area contributed by atoms with Crippen LogP contribution in [0.15, 0.2) is 53.4 Å². The molecule has 28 heavy (non-hydrogen) atoms. The minimum atomic E-state index is -4.47. The Bertz CT molecular complexity index is 1110. The highest BCUT2D eigenvalue weighted by molar-refractivity contribution is 7.90. The smallest absolute Gasteiger partial charge is 0.319 e. The molecule has 8 nitrogen and oxygen atoms in total. The number of halogens is 3. The van der Waals surface area contributed by atoms with Gasteiger partial charge in [-0.3, -0.25) is 4.79 Å². The Kier molecular flexibility index (Phi) is 4.89. The van der Waals surface area contributed by atoms with Crippen molar-refractivity contribution in [3.63, 3.8) is 0 Å². The van der Waals surface area contributed by atoms with E-state index in [2.05, 4.69) is 20.7 Å². The van der Waals surface area contributed by atoms with Crippen LogP contribution in [-0.4, -0.2) is 40.8 Å². The zero-order valence-electron chi connectivity index (χ0n) is 14.2. The van der Waals surface area contributed by atoms with Gasteiger partial charge in [0.1, 0.15) is 0 Å². The fraction of sp³-hybridized carbons (Fsp3) is 0.125. The molecule has 3 rings (SSSR count). The first-order valence-electron chi connectivity index (χ1n) is 7.63. The van der Waals surface area contributed by atoms with Crippen LogP contribution in [0.2, 0.25) is 0 Å². The number of rotatable bonds is 4. The zero-order chi connectivity index (χ0) is 20.5. The van der Waals surface area contributed by atoms with Crippen LogP contribution in [0, 0.1) is 0 Å². The number of amides is 1. The molecule has 0 fully saturated rings. The molecule has 0 aliphatic carbocycles. The Morgan fingerprint density at radius 1 is 1.04 bits per heavy atom. The molecule has 0 aliphatic rings. The molecule has 0 saturated heterocycles. The molecule has 0 spiro atoms. The van der Waals surface area contributed by atoms with Gasteiger partial charge in [-0.25, -0.2) is 8.42 Å². The van der Waals surface area contributed by atoms with Crippen molar-refractivity contribution in [1.82, 2.24) is 20.2 Å². The number of tetrazole rings is 1. The minimum absolute atomic E-state index is 0.0943. The third kappa shape index (κ3) is 4.34. The summed E-state index contributed by atoms with van der Waals surface area (Å²) < 4.78 is 60.6. The van der Waals surface area contributed by atoms with Crippen molar-refractivity contribution in [1.29, 1.82) is 0 Å². The summed E-state index contributed by atoms with van der Waals surface area (Å²) in [6.07, 6.45) is -3.41. The van der Waals surface area contributed by atoms with Gasteiger partial charge in [0, 0.05) is 11.9 Å². The van der Waals surface area contributed by atoms with Gasteiger partial charge in [-0.2, -0.15) is 13.2 Å². The lowest BCUT2D eigenvalue weighted by molar-refractivity contribution is -0.137. The Labute approximate surface area is 156 Å². The number of nitrogens with one attached hydrogen (secondary N) is 1. The van der Waals surface area contributed by atoms with E-state index in [0.29, 0.717) is 5.69 Å². The van der Waals surface area contributed by atoms with Gasteiger partial charge in [-0.15, -0.1) is 15.0 Å². The zero-order valence-corrected chi connectivity index (χ0v) is 15.0. The van der Waals surface area contributed by atoms with Gasteiger partial charge in [0.05, 0.1) is 16.1 Å². The molecule has 2 aromatic carbocycles. The number of benzene rings is 2. The maximum atomic E-state index is 12.6. The van der Waals surface area contributed by atoms with Crippen LogP contribution in [-0.2, 0) is 16.0 Å². The normalized spacial score (nSPS) is 12.0. The summed E-state index contributed by atoms with van der Waals surface area (Å²) in [5.74, 6) is -1.03. The lowest BCUT2D eigenvalue weighted by atomic mass is 10.2. The molecule has 0 unspecified atom stereocenters. The second-order valence-electron chi connectivity index (χ2n) is 5.70. The SMILES string of the molecule is CS(=O)(=O)c1ccc(NC(=O)c2nnn(-c3ccc(C(F)(F)F)cc3)n2)cc1. The van der Waals surface area contributed by atoms with Gasteiger partial charge in [-0.1, -0.05) is 0 Å². The van der Waals surface area contributed by atoms with E-state index in [1.807, 2.05) is 0 Å². The molecule has 0 atom stereocenters. The first-order chi connectivity index (χ1) is 13.0. The first-order valence-corrected chi connectivity index (χ1v) is 9.52. The molecular formula is C16H12F3N5O3S. The van der Waals surface area contributed by atoms with Crippen molar-refractivity contribution in [3.05, 3.63) is 59.9 Å². The molecule has 0 radical (unpaired) electrons. The highest BCUT2D eigenvalue weighted by atomic mass is 32.2. The number of alkyl halides is 3. The minimum Gasteiger partial charge on any atom is -0.319 e. The quantitative estimate of drug-likeness (QED) is 0.706. The van der Waals surface area contributed by atoms with Gasteiger partial charge >= 0.3 is 6.18 Å². The standard InChI is InChI=1S/C16H12F3N5O3S/c1-28(26,27)13-8-4-11(5-9-13)20-15(25)14-21-23-24(22-14)12-6-2-10(3-7-12)16(17,18)19/h2-9H,1H3,(H,20,25). The largest absolute Gasteiger partial charge is 0.416 e. The van der Waals surface area contributed by atoms with Crippen molar-refractivity contribution in [2.24, 2.45) is 0 Å². The van der Waals surface area contributed by atoms with Crippen molar-refractivity contribution in [3.8, 4) is 5.69 Å². The molecule has 0 aliphatic heterocycles. The Hall–Kier alpha value is -3.28. The van der Waals surface area contributed by atoms with Crippen molar-refractivity contribution in [2.45, 2.75) is 11.1 Å². The highest BCUT2D eigenvalue weighted by Gasteiger charge is 2.30. The van der Waals surface area contributed by atoms with Crippen LogP contribution in [0.5, 0.6) is 0 Å². The van der Waals surface area contributed by atoms with Gasteiger partial charge in [0.2, 0.25) is 0 Å². The topological polar surface area (TPSA) is 107 Å². The summed E-state index contributed by atoms with van der Waals surface area (Å²) in [7, 11) is -3.36. The van der Waals surface area contributed by atoms with Gasteiger partial charge < -0.3 is 5.32 Å². The van der Waals surface area contributed by atoms with Crippen molar-refractivity contribution < 1.29 is 26.4 Å². The van der Waals surface area contributed by atoms with Crippen LogP contribution in [0.4, 0.5) is 18.9 Å². The van der Waals surface area contributed by atoms with E-state index in [-0.39, 0.29) is 16.4 Å². The molecule has 146 valence electrons. The average Bonchev–Trinajstić information content (AvgIpc) is 3.11. The third-order valence-electron chi connectivity index (χ3n) is 3.58. The molecule has 1 heterocycles. The molecule has 3 aromatic rings. The molecule has 12 heteroatoms. The van der Waals surface area contributed by atoms with E-state index in [0.717, 1.165) is 35.3 Å². The summed E-state index contributed by atoms with van der Waals surface area (Å²) in [6, 6.07) is 9.48. The number of carbonyl (C=O) groups is 1. The maximum absolute atomic E-state index is 12.6. The predicted molar refractivity (Wildman–Crippen MR) is 91.7 cm³/mol. The molecule has 1 N–H and O–H groups in total. The Balaban J connectivity index is 1.73. The average molecular weight is 411 g/mol. The number of sulfone groups is 1. The summed E-state index contributed by atoms with van der Waals surface area (Å²) in [4.78, 5) is 13.2. The second-order valence-corrected chi connectivity index (χ2v) is 7.71. The van der Waals surface area contributed by atoms with Gasteiger partial charge in [-0.05, 0) is 53.7 Å². The molecular weight excluding hydrogens is 399 g/mol. The van der Waals surface area contributed by atoms with Crippen LogP contribution in [0.1, 0.15) is 16.2 Å². The van der Waals surface area contributed by atoms with Crippen molar-refractivity contribution in [2.75, 3.05) is 11.6 Å². The van der Waals surface area contributed by atoms with Crippen LogP contribution in [0.25, 0.3) is 5.69 Å². The fourth-order valence-electron chi connectivity index (χ4n) is 2.17. The maximum Gasteiger partial charge on any atom is 0.416 e. The number of nitrogens with zero attached hydrogens (tertiary/aromatic N) is 4. The van der Waals surface area contributed by atoms with Gasteiger partial charge in [0.25, 0.3) is 11.7 Å². The number of hydrogen-bond donors (Lipinski definition) is 1. The van der Waals surface area contributed by atoms with Crippen LogP contribution < -0.4 is 5.32 Å². The van der Waals surface area contributed by atoms with E-state index >= 15 is 0 Å². The summed E-state index contributed by atoms with van der Waals surface area (Å²) in [5, 5.41) is 13.5. The number of anilines is 1. The molecule has 1 amide bonds. The van der Waals surface area contributed by atoms with E-state index in [9.17, 15) is 26.4 Å². The van der Waals surface area contributed by atoms with E-state index in [1.54, 1.807) is 0 Å². The Morgan fingerprint density at radius 3 is 2.18 bits per heavy atom. The highest BCUT2D eigenvalue weighted by Crippen LogP contribution is 2.29. The second kappa shape index (κ2) is 7.03. The van der Waals surface area contributed by atoms with Crippen molar-refractivity contribution >= 4 is 21.4 Å². The molecule has 1 aromatic heterocycles. The summed E-state index contributed by atoms with van der Waals surface area (Å²) in [6.45, 7) is 0. The number of hydrogen-bond acceptors (Lipinski definition) is 6. The number of carbonyl (C=O) groups excluding carboxylic acids is 1. The van der Waals surface area contributed by atoms with E-state index in [1.165, 1.54) is 24.3 Å². The van der Waals surface area contributed by atoms with E-state index < -0.39 is 27.5 Å². The third-order valence-corrected chi connectivity index (χ3v) is 4.71.